The molecule has 0 fully saturated rings. The second-order valence-corrected chi connectivity index (χ2v) is 7.49. The lowest BCUT2D eigenvalue weighted by Gasteiger charge is -2.33. The molecular weight excluding hydrogens is 348 g/mol. The van der Waals surface area contributed by atoms with Gasteiger partial charge in [-0.1, -0.05) is 42.2 Å². The van der Waals surface area contributed by atoms with Crippen LogP contribution in [0.3, 0.4) is 0 Å². The summed E-state index contributed by atoms with van der Waals surface area (Å²) in [6.07, 6.45) is -0.796. The summed E-state index contributed by atoms with van der Waals surface area (Å²) in [5.74, 6) is 0.915. The van der Waals surface area contributed by atoms with Crippen LogP contribution >= 0.6 is 23.1 Å². The van der Waals surface area contributed by atoms with Crippen molar-refractivity contribution in [1.82, 2.24) is 10.2 Å². The van der Waals surface area contributed by atoms with Crippen molar-refractivity contribution in [1.29, 1.82) is 0 Å². The number of carbonyl (C=O) groups is 2. The Morgan fingerprint density at radius 2 is 2.21 bits per heavy atom. The van der Waals surface area contributed by atoms with Gasteiger partial charge in [-0.15, -0.1) is 10.2 Å². The molecule has 0 saturated heterocycles. The van der Waals surface area contributed by atoms with Gasteiger partial charge >= 0.3 is 0 Å². The van der Waals surface area contributed by atoms with Crippen LogP contribution < -0.4 is 15.0 Å². The summed E-state index contributed by atoms with van der Waals surface area (Å²) >= 11 is 2.88. The molecule has 3 rings (SSSR count). The van der Waals surface area contributed by atoms with Crippen LogP contribution in [-0.2, 0) is 9.59 Å². The predicted octanol–water partition coefficient (Wildman–Crippen LogP) is 2.40. The Labute approximate surface area is 147 Å². The average Bonchev–Trinajstić information content (AvgIpc) is 3.01. The molecule has 1 N–H and O–H groups in total. The molecule has 1 unspecified atom stereocenters. The van der Waals surface area contributed by atoms with Gasteiger partial charge in [0, 0.05) is 6.92 Å². The lowest BCUT2D eigenvalue weighted by molar-refractivity contribution is -0.123. The molecule has 7 nitrogen and oxygen atoms in total. The molecule has 9 heteroatoms. The molecule has 126 valence electrons. The molecule has 1 aliphatic rings. The molecule has 0 spiro atoms. The molecule has 2 aromatic rings. The van der Waals surface area contributed by atoms with Gasteiger partial charge in [0.05, 0.1) is 12.2 Å². The fourth-order valence-electron chi connectivity index (χ4n) is 2.30. The molecule has 1 aromatic carbocycles. The zero-order valence-corrected chi connectivity index (χ0v) is 14.8. The number of fused-ring (bicyclic) bond motifs is 1. The van der Waals surface area contributed by atoms with Gasteiger partial charge in [-0.3, -0.25) is 14.9 Å². The van der Waals surface area contributed by atoms with Gasteiger partial charge in [0.15, 0.2) is 10.4 Å². The third-order valence-corrected chi connectivity index (χ3v) is 5.20. The number of para-hydroxylation sites is 2. The van der Waals surface area contributed by atoms with E-state index in [1.165, 1.54) is 18.3 Å². The van der Waals surface area contributed by atoms with Gasteiger partial charge in [0.2, 0.25) is 11.0 Å². The van der Waals surface area contributed by atoms with E-state index >= 15 is 0 Å². The number of hydrogen-bond acceptors (Lipinski definition) is 7. The van der Waals surface area contributed by atoms with Crippen molar-refractivity contribution in [3.05, 3.63) is 24.3 Å². The second kappa shape index (κ2) is 7.18. The molecular formula is C15H16N4O3S2. The summed E-state index contributed by atoms with van der Waals surface area (Å²) < 4.78 is 6.55. The second-order valence-electron chi connectivity index (χ2n) is 5.00. The molecule has 2 amide bonds. The van der Waals surface area contributed by atoms with E-state index in [-0.39, 0.29) is 18.4 Å². The van der Waals surface area contributed by atoms with E-state index in [2.05, 4.69) is 15.5 Å². The summed E-state index contributed by atoms with van der Waals surface area (Å²) in [7, 11) is 0. The first-order chi connectivity index (χ1) is 11.6. The number of hydrogen-bond donors (Lipinski definition) is 1. The van der Waals surface area contributed by atoms with E-state index in [1.54, 1.807) is 34.9 Å². The van der Waals surface area contributed by atoms with Crippen molar-refractivity contribution in [3.8, 4) is 5.75 Å². The fourth-order valence-corrected chi connectivity index (χ4v) is 3.95. The van der Waals surface area contributed by atoms with Crippen molar-refractivity contribution in [3.63, 3.8) is 0 Å². The topological polar surface area (TPSA) is 84.4 Å². The monoisotopic (exact) mass is 364 g/mol. The van der Waals surface area contributed by atoms with E-state index in [0.717, 1.165) is 10.1 Å². The quantitative estimate of drug-likeness (QED) is 0.662. The van der Waals surface area contributed by atoms with Crippen LogP contribution in [0.25, 0.3) is 0 Å². The first-order valence-corrected chi connectivity index (χ1v) is 9.19. The van der Waals surface area contributed by atoms with Crippen LogP contribution in [0.2, 0.25) is 0 Å². The molecule has 2 heterocycles. The van der Waals surface area contributed by atoms with Crippen molar-refractivity contribution in [2.45, 2.75) is 24.3 Å². The summed E-state index contributed by atoms with van der Waals surface area (Å²) in [6.45, 7) is 3.65. The summed E-state index contributed by atoms with van der Waals surface area (Å²) in [6, 6.07) is 7.17. The number of benzene rings is 1. The first-order valence-electron chi connectivity index (χ1n) is 7.39. The van der Waals surface area contributed by atoms with Gasteiger partial charge in [-0.2, -0.15) is 0 Å². The van der Waals surface area contributed by atoms with Gasteiger partial charge in [-0.25, -0.2) is 0 Å². The highest BCUT2D eigenvalue weighted by Gasteiger charge is 2.32. The lowest BCUT2D eigenvalue weighted by Crippen LogP contribution is -2.48. The van der Waals surface area contributed by atoms with E-state index in [4.69, 9.17) is 4.74 Å². The van der Waals surface area contributed by atoms with E-state index in [0.29, 0.717) is 16.6 Å². The van der Waals surface area contributed by atoms with Crippen molar-refractivity contribution in [2.75, 3.05) is 22.5 Å². The molecule has 1 aliphatic heterocycles. The Morgan fingerprint density at radius 3 is 2.96 bits per heavy atom. The van der Waals surface area contributed by atoms with E-state index < -0.39 is 6.10 Å². The Kier molecular flexibility index (Phi) is 5.00. The summed E-state index contributed by atoms with van der Waals surface area (Å²) in [4.78, 5) is 25.9. The summed E-state index contributed by atoms with van der Waals surface area (Å²) in [5, 5.41) is 11.1. The highest BCUT2D eigenvalue weighted by molar-refractivity contribution is 8.01. The van der Waals surface area contributed by atoms with Crippen LogP contribution in [0.15, 0.2) is 28.6 Å². The average molecular weight is 364 g/mol. The van der Waals surface area contributed by atoms with Crippen LogP contribution in [0, 0.1) is 0 Å². The highest BCUT2D eigenvalue weighted by atomic mass is 32.2. The lowest BCUT2D eigenvalue weighted by atomic mass is 10.2. The first kappa shape index (κ1) is 16.7. The highest BCUT2D eigenvalue weighted by Crippen LogP contribution is 2.33. The largest absolute Gasteiger partial charge is 0.476 e. The van der Waals surface area contributed by atoms with Crippen LogP contribution in [0.5, 0.6) is 5.75 Å². The molecule has 0 saturated carbocycles. The number of nitrogens with one attached hydrogen (secondary N) is 1. The molecule has 0 bridgehead atoms. The van der Waals surface area contributed by atoms with Crippen LogP contribution in [0.1, 0.15) is 13.8 Å². The number of thioether (sulfide) groups is 1. The number of aromatic nitrogens is 2. The molecule has 24 heavy (non-hydrogen) atoms. The van der Waals surface area contributed by atoms with E-state index in [1.807, 2.05) is 13.0 Å². The standard InChI is InChI=1S/C15H16N4O3S2/c1-3-23-15-18-17-14(24-15)16-13(21)12-8-19(9(2)20)10-6-4-5-7-11(10)22-12/h4-7,12H,3,8H2,1-2H3,(H,16,17,21). The number of anilines is 2. The SMILES string of the molecule is CCSc1nnc(NC(=O)C2CN(C(C)=O)c3ccccc3O2)s1. The molecule has 1 aromatic heterocycles. The van der Waals surface area contributed by atoms with Crippen molar-refractivity contribution >= 4 is 45.7 Å². The zero-order chi connectivity index (χ0) is 17.1. The van der Waals surface area contributed by atoms with Crippen molar-refractivity contribution < 1.29 is 14.3 Å². The molecule has 1 atom stereocenters. The Hall–Kier alpha value is -2.13. The van der Waals surface area contributed by atoms with Gasteiger partial charge < -0.3 is 9.64 Å². The minimum Gasteiger partial charge on any atom is -0.476 e. The number of ether oxygens (including phenoxy) is 1. The maximum absolute atomic E-state index is 12.5. The van der Waals surface area contributed by atoms with E-state index in [9.17, 15) is 9.59 Å². The van der Waals surface area contributed by atoms with Crippen molar-refractivity contribution in [2.24, 2.45) is 0 Å². The van der Waals surface area contributed by atoms with Crippen LogP contribution in [-0.4, -0.2) is 40.4 Å². The predicted molar refractivity (Wildman–Crippen MR) is 93.8 cm³/mol. The number of carbonyl (C=O) groups excluding carboxylic acids is 2. The molecule has 0 aliphatic carbocycles. The number of rotatable bonds is 4. The third kappa shape index (κ3) is 3.51. The minimum absolute atomic E-state index is 0.138. The Morgan fingerprint density at radius 1 is 1.42 bits per heavy atom. The number of nitrogens with zero attached hydrogens (tertiary/aromatic N) is 3. The maximum Gasteiger partial charge on any atom is 0.269 e. The Bertz CT molecular complexity index is 765. The van der Waals surface area contributed by atoms with Gasteiger partial charge in [-0.05, 0) is 17.9 Å². The smallest absolute Gasteiger partial charge is 0.269 e. The zero-order valence-electron chi connectivity index (χ0n) is 13.2. The van der Waals surface area contributed by atoms with Gasteiger partial charge in [0.1, 0.15) is 5.75 Å². The van der Waals surface area contributed by atoms with Gasteiger partial charge in [0.25, 0.3) is 5.91 Å². The maximum atomic E-state index is 12.5. The summed E-state index contributed by atoms with van der Waals surface area (Å²) in [5.41, 5.74) is 0.673. The normalized spacial score (nSPS) is 16.2. The third-order valence-electron chi connectivity index (χ3n) is 3.35. The number of amides is 2. The fraction of sp³-hybridized carbons (Fsp3) is 0.333. The molecule has 0 radical (unpaired) electrons. The van der Waals surface area contributed by atoms with Crippen LogP contribution in [0.4, 0.5) is 10.8 Å². The minimum atomic E-state index is -0.796. The Balaban J connectivity index is 1.74.